The lowest BCUT2D eigenvalue weighted by Gasteiger charge is -2.27. The van der Waals surface area contributed by atoms with Gasteiger partial charge in [0.2, 0.25) is 0 Å². The molecule has 0 aromatic heterocycles. The Morgan fingerprint density at radius 2 is 1.42 bits per heavy atom. The van der Waals surface area contributed by atoms with E-state index >= 15 is 0 Å². The van der Waals surface area contributed by atoms with Crippen LogP contribution in [0, 0.1) is 0 Å². The van der Waals surface area contributed by atoms with Gasteiger partial charge in [-0.15, -0.1) is 0 Å². The first-order chi connectivity index (χ1) is 11.7. The number of carbonyl (C=O) groups excluding carboxylic acids is 2. The van der Waals surface area contributed by atoms with E-state index in [4.69, 9.17) is 0 Å². The molecule has 0 bridgehead atoms. The maximum Gasteiger partial charge on any atom is 0.261 e. The summed E-state index contributed by atoms with van der Waals surface area (Å²) in [5.74, 6) is -0.478. The Morgan fingerprint density at radius 3 is 1.96 bits per heavy atom. The predicted octanol–water partition coefficient (Wildman–Crippen LogP) is 4.28. The zero-order chi connectivity index (χ0) is 16.7. The average molecular weight is 313 g/mol. The monoisotopic (exact) mass is 313 g/mol. The van der Waals surface area contributed by atoms with Crippen molar-refractivity contribution in [1.29, 1.82) is 0 Å². The van der Waals surface area contributed by atoms with E-state index in [2.05, 4.69) is 6.58 Å². The van der Waals surface area contributed by atoms with Crippen LogP contribution < -0.4 is 0 Å². The lowest BCUT2D eigenvalue weighted by atomic mass is 9.94. The first-order valence-corrected chi connectivity index (χ1v) is 7.78. The van der Waals surface area contributed by atoms with Crippen LogP contribution in [0.15, 0.2) is 67.2 Å². The van der Waals surface area contributed by atoms with Gasteiger partial charge in [-0.05, 0) is 28.6 Å². The van der Waals surface area contributed by atoms with E-state index in [9.17, 15) is 9.59 Å². The second-order valence-corrected chi connectivity index (χ2v) is 5.85. The van der Waals surface area contributed by atoms with Crippen molar-refractivity contribution in [3.8, 4) is 0 Å². The summed E-state index contributed by atoms with van der Waals surface area (Å²) < 4.78 is 0. The summed E-state index contributed by atoms with van der Waals surface area (Å²) in [7, 11) is 0. The topological polar surface area (TPSA) is 37.4 Å². The van der Waals surface area contributed by atoms with Crippen LogP contribution in [0.2, 0.25) is 0 Å². The Kier molecular flexibility index (Phi) is 3.28. The molecule has 3 aromatic carbocycles. The van der Waals surface area contributed by atoms with Crippen molar-refractivity contribution in [1.82, 2.24) is 4.90 Å². The molecule has 0 aliphatic carbocycles. The molecular weight excluding hydrogens is 298 g/mol. The number of imide groups is 1. The molecule has 116 valence electrons. The van der Waals surface area contributed by atoms with E-state index < -0.39 is 0 Å². The van der Waals surface area contributed by atoms with Gasteiger partial charge >= 0.3 is 0 Å². The summed E-state index contributed by atoms with van der Waals surface area (Å²) in [6.07, 6.45) is 1.76. The summed E-state index contributed by atoms with van der Waals surface area (Å²) in [4.78, 5) is 27.0. The number of benzene rings is 3. The van der Waals surface area contributed by atoms with E-state index in [1.54, 1.807) is 18.2 Å². The molecule has 0 fully saturated rings. The lowest BCUT2D eigenvalue weighted by Crippen LogP contribution is -2.39. The zero-order valence-corrected chi connectivity index (χ0v) is 13.0. The molecule has 3 nitrogen and oxygen atoms in total. The van der Waals surface area contributed by atoms with Crippen molar-refractivity contribution in [2.45, 2.75) is 6.54 Å². The minimum atomic E-state index is -0.239. The zero-order valence-electron chi connectivity index (χ0n) is 13.0. The Bertz CT molecular complexity index is 936. The van der Waals surface area contributed by atoms with Crippen molar-refractivity contribution >= 4 is 28.7 Å². The van der Waals surface area contributed by atoms with Gasteiger partial charge in [0, 0.05) is 16.5 Å². The van der Waals surface area contributed by atoms with Crippen molar-refractivity contribution in [3.63, 3.8) is 0 Å². The van der Waals surface area contributed by atoms with E-state index in [0.29, 0.717) is 11.1 Å². The number of amides is 2. The van der Waals surface area contributed by atoms with Gasteiger partial charge in [0.05, 0.1) is 6.54 Å². The summed E-state index contributed by atoms with van der Waals surface area (Å²) in [6, 6.07) is 18.8. The first-order valence-electron chi connectivity index (χ1n) is 7.78. The molecule has 1 aliphatic heterocycles. The van der Waals surface area contributed by atoms with E-state index in [-0.39, 0.29) is 18.4 Å². The standard InChI is InChI=1S/C21H15NO2/c1-2-14-9-11-15(12-10-14)13-22-20(23)17-7-3-5-16-6-4-8-18(19(16)17)21(22)24/h2-12H,1,13H2. The summed E-state index contributed by atoms with van der Waals surface area (Å²) in [5.41, 5.74) is 3.09. The Hall–Kier alpha value is -3.20. The Morgan fingerprint density at radius 1 is 0.833 bits per heavy atom. The van der Waals surface area contributed by atoms with Crippen LogP contribution in [-0.2, 0) is 6.54 Å². The fourth-order valence-corrected chi connectivity index (χ4v) is 3.17. The highest BCUT2D eigenvalue weighted by Crippen LogP contribution is 2.30. The first kappa shape index (κ1) is 14.4. The molecule has 2 amide bonds. The summed E-state index contributed by atoms with van der Waals surface area (Å²) in [6.45, 7) is 3.99. The normalized spacial score (nSPS) is 13.4. The second-order valence-electron chi connectivity index (χ2n) is 5.85. The van der Waals surface area contributed by atoms with Crippen molar-refractivity contribution in [2.75, 3.05) is 0 Å². The molecular formula is C21H15NO2. The smallest absolute Gasteiger partial charge is 0.261 e. The van der Waals surface area contributed by atoms with Gasteiger partial charge in [-0.1, -0.05) is 61.2 Å². The maximum atomic E-state index is 12.8. The van der Waals surface area contributed by atoms with Gasteiger partial charge in [0.15, 0.2) is 0 Å². The van der Waals surface area contributed by atoms with Crippen LogP contribution in [0.5, 0.6) is 0 Å². The molecule has 0 unspecified atom stereocenters. The third-order valence-electron chi connectivity index (χ3n) is 4.41. The molecule has 3 aromatic rings. The average Bonchev–Trinajstić information content (AvgIpc) is 2.63. The molecule has 3 heteroatoms. The van der Waals surface area contributed by atoms with Crippen LogP contribution in [0.4, 0.5) is 0 Å². The molecule has 0 saturated heterocycles. The van der Waals surface area contributed by atoms with E-state index in [1.165, 1.54) is 4.90 Å². The van der Waals surface area contributed by atoms with Crippen LogP contribution >= 0.6 is 0 Å². The highest BCUT2D eigenvalue weighted by atomic mass is 16.2. The molecule has 0 saturated carbocycles. The molecule has 0 N–H and O–H groups in total. The van der Waals surface area contributed by atoms with Crippen molar-refractivity contribution in [3.05, 3.63) is 89.5 Å². The van der Waals surface area contributed by atoms with E-state index in [1.807, 2.05) is 48.5 Å². The third-order valence-corrected chi connectivity index (χ3v) is 4.41. The number of rotatable bonds is 3. The number of hydrogen-bond acceptors (Lipinski definition) is 2. The van der Waals surface area contributed by atoms with Gasteiger partial charge in [-0.3, -0.25) is 14.5 Å². The predicted molar refractivity (Wildman–Crippen MR) is 94.7 cm³/mol. The molecule has 1 aliphatic rings. The highest BCUT2D eigenvalue weighted by molar-refractivity contribution is 6.25. The molecule has 0 radical (unpaired) electrons. The lowest BCUT2D eigenvalue weighted by molar-refractivity contribution is 0.0598. The second kappa shape index (κ2) is 5.46. The molecule has 0 atom stereocenters. The van der Waals surface area contributed by atoms with Crippen LogP contribution in [0.1, 0.15) is 31.8 Å². The van der Waals surface area contributed by atoms with Gasteiger partial charge in [-0.2, -0.15) is 0 Å². The number of hydrogen-bond donors (Lipinski definition) is 0. The van der Waals surface area contributed by atoms with Crippen LogP contribution in [0.25, 0.3) is 16.8 Å². The van der Waals surface area contributed by atoms with Crippen molar-refractivity contribution in [2.24, 2.45) is 0 Å². The van der Waals surface area contributed by atoms with Gasteiger partial charge in [0.25, 0.3) is 11.8 Å². The highest BCUT2D eigenvalue weighted by Gasteiger charge is 2.32. The SMILES string of the molecule is C=Cc1ccc(CN2C(=O)c3cccc4cccc(c34)C2=O)cc1. The number of nitrogens with zero attached hydrogens (tertiary/aromatic N) is 1. The van der Waals surface area contributed by atoms with Gasteiger partial charge in [0.1, 0.15) is 0 Å². The fourth-order valence-electron chi connectivity index (χ4n) is 3.17. The van der Waals surface area contributed by atoms with Gasteiger partial charge in [-0.25, -0.2) is 0 Å². The van der Waals surface area contributed by atoms with Crippen molar-refractivity contribution < 1.29 is 9.59 Å². The maximum absolute atomic E-state index is 12.8. The van der Waals surface area contributed by atoms with Crippen LogP contribution in [-0.4, -0.2) is 16.7 Å². The summed E-state index contributed by atoms with van der Waals surface area (Å²) >= 11 is 0. The van der Waals surface area contributed by atoms with Crippen LogP contribution in [0.3, 0.4) is 0 Å². The number of carbonyl (C=O) groups is 2. The summed E-state index contributed by atoms with van der Waals surface area (Å²) in [5, 5.41) is 1.68. The Balaban J connectivity index is 1.77. The fraction of sp³-hybridized carbons (Fsp3) is 0.0476. The largest absolute Gasteiger partial charge is 0.270 e. The third kappa shape index (κ3) is 2.14. The Labute approximate surface area is 139 Å². The molecule has 1 heterocycles. The minimum absolute atomic E-state index is 0.239. The quantitative estimate of drug-likeness (QED) is 0.677. The molecule has 0 spiro atoms. The van der Waals surface area contributed by atoms with Gasteiger partial charge < -0.3 is 0 Å². The van der Waals surface area contributed by atoms with E-state index in [0.717, 1.165) is 21.9 Å². The molecule has 4 rings (SSSR count). The minimum Gasteiger partial charge on any atom is -0.270 e. The molecule has 24 heavy (non-hydrogen) atoms.